The molecule has 3 atom stereocenters. The van der Waals surface area contributed by atoms with Gasteiger partial charge in [0.15, 0.2) is 6.10 Å². The van der Waals surface area contributed by atoms with E-state index in [1.54, 1.807) is 0 Å². The lowest BCUT2D eigenvalue weighted by molar-refractivity contribution is -0.161. The van der Waals surface area contributed by atoms with E-state index in [0.717, 1.165) is 109 Å². The molecule has 0 saturated carbocycles. The number of ether oxygens (including phenoxy) is 3. The third-order valence-corrected chi connectivity index (χ3v) is 13.2. The van der Waals surface area contributed by atoms with E-state index < -0.39 is 57.8 Å². The van der Waals surface area contributed by atoms with E-state index in [0.29, 0.717) is 19.3 Å². The lowest BCUT2D eigenvalue weighted by Crippen LogP contribution is -2.30. The van der Waals surface area contributed by atoms with Crippen molar-refractivity contribution in [2.24, 2.45) is 0 Å². The molecule has 0 amide bonds. The van der Waals surface area contributed by atoms with Gasteiger partial charge in [-0.2, -0.15) is 0 Å². The van der Waals surface area contributed by atoms with E-state index >= 15 is 0 Å². The number of aliphatic hydroxyl groups is 1. The van der Waals surface area contributed by atoms with Crippen molar-refractivity contribution in [2.45, 2.75) is 264 Å². The summed E-state index contributed by atoms with van der Waals surface area (Å²) < 4.78 is 39.5. The molecule has 0 spiro atoms. The van der Waals surface area contributed by atoms with Crippen LogP contribution in [-0.2, 0) is 42.2 Å². The van der Waals surface area contributed by atoms with E-state index in [9.17, 15) is 28.9 Å². The third kappa shape index (κ3) is 53.5. The number of carbonyl (C=O) groups is 3. The monoisotopic (exact) mass is 1060 g/mol. The van der Waals surface area contributed by atoms with Gasteiger partial charge in [-0.25, -0.2) is 4.57 Å². The van der Waals surface area contributed by atoms with Gasteiger partial charge in [-0.15, -0.1) is 0 Å². The van der Waals surface area contributed by atoms with E-state index in [1.165, 1.54) is 83.5 Å². The van der Waals surface area contributed by atoms with Crippen molar-refractivity contribution in [1.29, 1.82) is 0 Å². The van der Waals surface area contributed by atoms with Crippen molar-refractivity contribution in [1.82, 2.24) is 0 Å². The minimum Gasteiger partial charge on any atom is -0.462 e. The first kappa shape index (κ1) is 70.7. The van der Waals surface area contributed by atoms with Gasteiger partial charge in [0.25, 0.3) is 0 Å². The zero-order valence-electron chi connectivity index (χ0n) is 47.0. The van der Waals surface area contributed by atoms with Crippen molar-refractivity contribution < 1.29 is 52.2 Å². The standard InChI is InChI=1S/C62H107O11P/c1-4-7-10-13-16-19-22-25-27-28-29-30-32-34-36-39-42-45-48-51-60(64)69-55-59(73-62(66)53-50-47-44-41-38-35-31-26-23-20-17-14-11-8-5-2)57-71-74(67,68)70-56-58(54-63)72-61(65)52-49-46-43-40-37-33-24-21-18-15-12-9-6-3/h8-9,11-12,17-18,20-21,25-27,31,33,37,58-59,63H,4-7,10,13-16,19,22-24,28-30,32,34-36,38-57H2,1-3H3,(H,67,68)/b11-8-,12-9-,20-17-,21-18-,27-25-,31-26-,37-33-. The second-order valence-corrected chi connectivity index (χ2v) is 20.8. The zero-order valence-corrected chi connectivity index (χ0v) is 47.9. The number of phosphoric acid groups is 1. The summed E-state index contributed by atoms with van der Waals surface area (Å²) in [4.78, 5) is 48.6. The van der Waals surface area contributed by atoms with Gasteiger partial charge in [0.1, 0.15) is 12.7 Å². The van der Waals surface area contributed by atoms with Gasteiger partial charge in [-0.1, -0.05) is 209 Å². The summed E-state index contributed by atoms with van der Waals surface area (Å²) >= 11 is 0. The molecule has 426 valence electrons. The molecule has 0 saturated heterocycles. The first-order valence-corrected chi connectivity index (χ1v) is 31.0. The van der Waals surface area contributed by atoms with Crippen LogP contribution in [0.15, 0.2) is 85.1 Å². The average molecular weight is 1060 g/mol. The summed E-state index contributed by atoms with van der Waals surface area (Å²) in [7, 11) is -4.76. The zero-order chi connectivity index (χ0) is 54.1. The molecule has 0 aromatic heterocycles. The van der Waals surface area contributed by atoms with Crippen LogP contribution in [-0.4, -0.2) is 66.5 Å². The highest BCUT2D eigenvalue weighted by Gasteiger charge is 2.28. The van der Waals surface area contributed by atoms with Gasteiger partial charge in [0, 0.05) is 19.3 Å². The van der Waals surface area contributed by atoms with Crippen molar-refractivity contribution >= 4 is 25.7 Å². The quantitative estimate of drug-likeness (QED) is 0.0197. The lowest BCUT2D eigenvalue weighted by Gasteiger charge is -2.21. The molecule has 0 aliphatic carbocycles. The first-order chi connectivity index (χ1) is 36.2. The Labute approximate surface area is 451 Å². The maximum atomic E-state index is 12.9. The number of allylic oxidation sites excluding steroid dienone is 14. The number of hydrogen-bond acceptors (Lipinski definition) is 10. The Morgan fingerprint density at radius 1 is 0.392 bits per heavy atom. The molecule has 0 rings (SSSR count). The second kappa shape index (κ2) is 55.9. The number of aliphatic hydroxyl groups excluding tert-OH is 1. The Hall–Kier alpha value is -3.34. The molecule has 12 heteroatoms. The van der Waals surface area contributed by atoms with Gasteiger partial charge in [0.05, 0.1) is 19.8 Å². The van der Waals surface area contributed by atoms with Crippen LogP contribution in [0.1, 0.15) is 252 Å². The fourth-order valence-corrected chi connectivity index (χ4v) is 8.63. The minimum atomic E-state index is -4.76. The maximum Gasteiger partial charge on any atom is 0.472 e. The molecule has 74 heavy (non-hydrogen) atoms. The number of carbonyl (C=O) groups excluding carboxylic acids is 3. The fraction of sp³-hybridized carbons (Fsp3) is 0.726. The minimum absolute atomic E-state index is 0.138. The summed E-state index contributed by atoms with van der Waals surface area (Å²) in [5.41, 5.74) is 0. The second-order valence-electron chi connectivity index (χ2n) is 19.4. The van der Waals surface area contributed by atoms with Gasteiger partial charge in [-0.05, 0) is 109 Å². The van der Waals surface area contributed by atoms with E-state index in [2.05, 4.69) is 106 Å². The summed E-state index contributed by atoms with van der Waals surface area (Å²) in [6.45, 7) is 4.37. The van der Waals surface area contributed by atoms with Gasteiger partial charge in [-0.3, -0.25) is 23.4 Å². The van der Waals surface area contributed by atoms with Crippen molar-refractivity contribution in [3.8, 4) is 0 Å². The number of phosphoric ester groups is 1. The molecule has 0 aliphatic heterocycles. The van der Waals surface area contributed by atoms with Crippen LogP contribution < -0.4 is 0 Å². The largest absolute Gasteiger partial charge is 0.472 e. The smallest absolute Gasteiger partial charge is 0.462 e. The highest BCUT2D eigenvalue weighted by Crippen LogP contribution is 2.43. The van der Waals surface area contributed by atoms with Crippen LogP contribution in [0, 0.1) is 0 Å². The topological polar surface area (TPSA) is 155 Å². The van der Waals surface area contributed by atoms with Crippen LogP contribution in [0.5, 0.6) is 0 Å². The predicted octanol–water partition coefficient (Wildman–Crippen LogP) is 17.5. The summed E-state index contributed by atoms with van der Waals surface area (Å²) in [5.74, 6) is -1.52. The Bertz CT molecular complexity index is 1560. The average Bonchev–Trinajstić information content (AvgIpc) is 3.39. The normalized spacial score (nSPS) is 14.0. The van der Waals surface area contributed by atoms with Gasteiger partial charge >= 0.3 is 25.7 Å². The molecule has 11 nitrogen and oxygen atoms in total. The summed E-state index contributed by atoms with van der Waals surface area (Å²) in [6, 6.07) is 0. The summed E-state index contributed by atoms with van der Waals surface area (Å²) in [5, 5.41) is 9.80. The van der Waals surface area contributed by atoms with E-state index in [1.807, 2.05) is 0 Å². The fourth-order valence-electron chi connectivity index (χ4n) is 7.85. The molecule has 0 radical (unpaired) electrons. The summed E-state index contributed by atoms with van der Waals surface area (Å²) in [6.07, 6.45) is 64.0. The molecule has 0 fully saturated rings. The number of rotatable bonds is 54. The highest BCUT2D eigenvalue weighted by atomic mass is 31.2. The van der Waals surface area contributed by atoms with Crippen LogP contribution >= 0.6 is 7.82 Å². The number of unbranched alkanes of at least 4 members (excludes halogenated alkanes) is 23. The Morgan fingerprint density at radius 2 is 0.703 bits per heavy atom. The number of hydrogen-bond donors (Lipinski definition) is 2. The molecule has 2 N–H and O–H groups in total. The highest BCUT2D eigenvalue weighted by molar-refractivity contribution is 7.47. The van der Waals surface area contributed by atoms with Gasteiger partial charge in [0.2, 0.25) is 0 Å². The molecular weight excluding hydrogens is 952 g/mol. The lowest BCUT2D eigenvalue weighted by atomic mass is 10.1. The molecule has 0 aromatic rings. The molecular formula is C62H107O11P. The maximum absolute atomic E-state index is 12.9. The molecule has 0 aromatic carbocycles. The SMILES string of the molecule is CC/C=C\C/C=C\C/C=C\CCCCCCCC(=O)OC(COC(=O)CCCCCCCCCCC/C=C\CCCCCCCC)COP(=O)(O)OCC(CO)OC(=O)CCCCC/C=C\C/C=C\C/C=C\CC. The third-order valence-electron chi connectivity index (χ3n) is 12.3. The van der Waals surface area contributed by atoms with Crippen LogP contribution in [0.2, 0.25) is 0 Å². The molecule has 0 aliphatic rings. The molecule has 3 unspecified atom stereocenters. The van der Waals surface area contributed by atoms with E-state index in [4.69, 9.17) is 23.3 Å². The Kier molecular flexibility index (Phi) is 53.4. The van der Waals surface area contributed by atoms with Crippen LogP contribution in [0.25, 0.3) is 0 Å². The van der Waals surface area contributed by atoms with Crippen molar-refractivity contribution in [3.05, 3.63) is 85.1 Å². The van der Waals surface area contributed by atoms with E-state index in [-0.39, 0.29) is 25.9 Å². The molecule has 0 bridgehead atoms. The van der Waals surface area contributed by atoms with Crippen LogP contribution in [0.4, 0.5) is 0 Å². The van der Waals surface area contributed by atoms with Gasteiger partial charge < -0.3 is 24.2 Å². The van der Waals surface area contributed by atoms with Crippen LogP contribution in [0.3, 0.4) is 0 Å². The molecule has 0 heterocycles. The van der Waals surface area contributed by atoms with Crippen molar-refractivity contribution in [3.63, 3.8) is 0 Å². The predicted molar refractivity (Wildman–Crippen MR) is 307 cm³/mol. The Morgan fingerprint density at radius 3 is 1.11 bits per heavy atom. The first-order valence-electron chi connectivity index (χ1n) is 29.5. The number of esters is 3. The Balaban J connectivity index is 4.75. The van der Waals surface area contributed by atoms with Crippen molar-refractivity contribution in [2.75, 3.05) is 26.4 Å².